The van der Waals surface area contributed by atoms with Crippen LogP contribution in [0.25, 0.3) is 0 Å². The topological polar surface area (TPSA) is 75.6 Å². The van der Waals surface area contributed by atoms with E-state index < -0.39 is 0 Å². The maximum Gasteiger partial charge on any atom is 0.191 e. The summed E-state index contributed by atoms with van der Waals surface area (Å²) in [6.45, 7) is 6.31. The molecule has 1 aliphatic heterocycles. The van der Waals surface area contributed by atoms with Gasteiger partial charge in [-0.05, 0) is 6.42 Å². The van der Waals surface area contributed by atoms with Gasteiger partial charge in [0, 0.05) is 56.6 Å². The third-order valence-corrected chi connectivity index (χ3v) is 4.86. The van der Waals surface area contributed by atoms with Crippen LogP contribution in [0.1, 0.15) is 18.2 Å². The van der Waals surface area contributed by atoms with E-state index in [1.54, 1.807) is 11.3 Å². The summed E-state index contributed by atoms with van der Waals surface area (Å²) in [6.07, 6.45) is 4.79. The van der Waals surface area contributed by atoms with Crippen molar-refractivity contribution in [3.8, 4) is 0 Å². The van der Waals surface area contributed by atoms with E-state index in [1.165, 1.54) is 0 Å². The van der Waals surface area contributed by atoms with E-state index in [9.17, 15) is 0 Å². The molecule has 0 saturated carbocycles. The number of aliphatic imine (C=N–C) groups is 1. The number of hydrogen-bond acceptors (Lipinski definition) is 5. The van der Waals surface area contributed by atoms with Crippen molar-refractivity contribution in [1.29, 1.82) is 0 Å². The highest BCUT2D eigenvalue weighted by atomic mass is 32.1. The van der Waals surface area contributed by atoms with E-state index in [2.05, 4.69) is 31.8 Å². The smallest absolute Gasteiger partial charge is 0.191 e. The molecule has 0 atom stereocenters. The van der Waals surface area contributed by atoms with Gasteiger partial charge in [0.2, 0.25) is 0 Å². The van der Waals surface area contributed by atoms with Gasteiger partial charge in [-0.3, -0.25) is 4.68 Å². The van der Waals surface area contributed by atoms with Crippen LogP contribution in [-0.2, 0) is 20.0 Å². The number of hydrogen-bond donors (Lipinski definition) is 1. The summed E-state index contributed by atoms with van der Waals surface area (Å²) in [5.41, 5.74) is 8.42. The Morgan fingerprint density at radius 3 is 2.78 bits per heavy atom. The Hall–Kier alpha value is -2.09. The number of nitrogens with two attached hydrogens (primary N) is 1. The number of nitrogens with zero attached hydrogens (tertiary/aromatic N) is 6. The summed E-state index contributed by atoms with van der Waals surface area (Å²) in [7, 11) is 1.94. The molecular weight excluding hydrogens is 310 g/mol. The predicted molar refractivity (Wildman–Crippen MR) is 93.8 cm³/mol. The monoisotopic (exact) mass is 333 g/mol. The Bertz CT molecular complexity index is 653. The summed E-state index contributed by atoms with van der Waals surface area (Å²) in [5.74, 6) is 0.620. The lowest BCUT2D eigenvalue weighted by Crippen LogP contribution is -2.51. The number of piperazine rings is 1. The molecule has 3 rings (SSSR count). The first-order chi connectivity index (χ1) is 11.2. The first-order valence-electron chi connectivity index (χ1n) is 7.88. The molecule has 0 aromatic carbocycles. The third-order valence-electron chi connectivity index (χ3n) is 4.03. The Balaban J connectivity index is 1.57. The van der Waals surface area contributed by atoms with Gasteiger partial charge in [0.05, 0.1) is 12.2 Å². The quantitative estimate of drug-likeness (QED) is 0.669. The van der Waals surface area contributed by atoms with Crippen LogP contribution in [0.2, 0.25) is 0 Å². The molecule has 124 valence electrons. The molecule has 0 aliphatic carbocycles. The van der Waals surface area contributed by atoms with Crippen molar-refractivity contribution in [1.82, 2.24) is 19.7 Å². The maximum atomic E-state index is 6.18. The minimum absolute atomic E-state index is 0.593. The molecule has 0 bridgehead atoms. The minimum atomic E-state index is 0.593. The fraction of sp³-hybridized carbons (Fsp3) is 0.533. The summed E-state index contributed by atoms with van der Waals surface area (Å²) in [6, 6.07) is 0. The summed E-state index contributed by atoms with van der Waals surface area (Å²) in [5, 5.41) is 7.54. The van der Waals surface area contributed by atoms with Crippen molar-refractivity contribution >= 4 is 22.4 Å². The molecule has 7 nitrogen and oxygen atoms in total. The summed E-state index contributed by atoms with van der Waals surface area (Å²) in [4.78, 5) is 13.4. The second-order valence-corrected chi connectivity index (χ2v) is 6.46. The van der Waals surface area contributed by atoms with Gasteiger partial charge in [0.1, 0.15) is 0 Å². The van der Waals surface area contributed by atoms with Crippen molar-refractivity contribution in [2.75, 3.05) is 31.1 Å². The Morgan fingerprint density at radius 2 is 2.13 bits per heavy atom. The highest BCUT2D eigenvalue weighted by Crippen LogP contribution is 2.18. The van der Waals surface area contributed by atoms with E-state index in [0.29, 0.717) is 12.5 Å². The van der Waals surface area contributed by atoms with Crippen LogP contribution in [-0.4, -0.2) is 51.8 Å². The molecule has 1 saturated heterocycles. The summed E-state index contributed by atoms with van der Waals surface area (Å²) >= 11 is 1.68. The summed E-state index contributed by atoms with van der Waals surface area (Å²) < 4.78 is 1.84. The van der Waals surface area contributed by atoms with Crippen LogP contribution in [0.15, 0.2) is 22.8 Å². The Labute approximate surface area is 140 Å². The molecule has 8 heteroatoms. The van der Waals surface area contributed by atoms with Crippen LogP contribution < -0.4 is 10.6 Å². The lowest BCUT2D eigenvalue weighted by Gasteiger charge is -2.35. The molecule has 23 heavy (non-hydrogen) atoms. The van der Waals surface area contributed by atoms with Crippen LogP contribution >= 0.6 is 11.3 Å². The standard InChI is InChI=1S/C15H23N7S/c1-3-13-12(11-20(2)19-13)10-18-14(16)21-5-7-22(8-6-21)15-17-4-9-23-15/h4,9,11H,3,5-8,10H2,1-2H3,(H2,16,18). The fourth-order valence-corrected chi connectivity index (χ4v) is 3.48. The van der Waals surface area contributed by atoms with Gasteiger partial charge in [-0.1, -0.05) is 6.92 Å². The minimum Gasteiger partial charge on any atom is -0.370 e. The molecule has 0 spiro atoms. The van der Waals surface area contributed by atoms with Crippen LogP contribution in [0, 0.1) is 0 Å². The highest BCUT2D eigenvalue weighted by molar-refractivity contribution is 7.13. The number of guanidine groups is 1. The van der Waals surface area contributed by atoms with E-state index >= 15 is 0 Å². The second kappa shape index (κ2) is 6.99. The van der Waals surface area contributed by atoms with Crippen molar-refractivity contribution in [2.24, 2.45) is 17.8 Å². The van der Waals surface area contributed by atoms with Crippen LogP contribution in [0.5, 0.6) is 0 Å². The first kappa shape index (κ1) is 15.8. The Kier molecular flexibility index (Phi) is 4.80. The Morgan fingerprint density at radius 1 is 1.35 bits per heavy atom. The molecule has 2 N–H and O–H groups in total. The first-order valence-corrected chi connectivity index (χ1v) is 8.76. The van der Waals surface area contributed by atoms with Crippen molar-refractivity contribution in [3.05, 3.63) is 29.0 Å². The van der Waals surface area contributed by atoms with Gasteiger partial charge in [-0.15, -0.1) is 11.3 Å². The largest absolute Gasteiger partial charge is 0.370 e. The average Bonchev–Trinajstić information content (AvgIpc) is 3.22. The molecule has 0 unspecified atom stereocenters. The molecule has 1 aliphatic rings. The number of rotatable bonds is 4. The zero-order valence-corrected chi connectivity index (χ0v) is 14.5. The molecule has 3 heterocycles. The normalized spacial score (nSPS) is 16.2. The lowest BCUT2D eigenvalue weighted by molar-refractivity contribution is 0.380. The van der Waals surface area contributed by atoms with Crippen LogP contribution in [0.4, 0.5) is 5.13 Å². The van der Waals surface area contributed by atoms with Gasteiger partial charge in [0.25, 0.3) is 0 Å². The van der Waals surface area contributed by atoms with E-state index in [4.69, 9.17) is 5.73 Å². The number of thiazole rings is 1. The lowest BCUT2D eigenvalue weighted by atomic mass is 10.2. The van der Waals surface area contributed by atoms with Crippen molar-refractivity contribution in [2.45, 2.75) is 19.9 Å². The number of aromatic nitrogens is 3. The van der Waals surface area contributed by atoms with E-state index in [-0.39, 0.29) is 0 Å². The van der Waals surface area contributed by atoms with Crippen molar-refractivity contribution in [3.63, 3.8) is 0 Å². The van der Waals surface area contributed by atoms with Gasteiger partial charge in [0.15, 0.2) is 11.1 Å². The van der Waals surface area contributed by atoms with Gasteiger partial charge in [-0.2, -0.15) is 5.10 Å². The molecule has 1 fully saturated rings. The third kappa shape index (κ3) is 3.64. The predicted octanol–water partition coefficient (Wildman–Crippen LogP) is 1.08. The highest BCUT2D eigenvalue weighted by Gasteiger charge is 2.19. The molecule has 2 aromatic heterocycles. The van der Waals surface area contributed by atoms with E-state index in [0.717, 1.165) is 49.0 Å². The number of aryl methyl sites for hydroxylation is 2. The molecule has 0 amide bonds. The van der Waals surface area contributed by atoms with Crippen LogP contribution in [0.3, 0.4) is 0 Å². The molecule has 2 aromatic rings. The van der Waals surface area contributed by atoms with Gasteiger partial charge < -0.3 is 15.5 Å². The average molecular weight is 333 g/mol. The SMILES string of the molecule is CCc1nn(C)cc1CN=C(N)N1CCN(c2nccs2)CC1. The van der Waals surface area contributed by atoms with Crippen molar-refractivity contribution < 1.29 is 0 Å². The zero-order valence-electron chi connectivity index (χ0n) is 13.6. The fourth-order valence-electron chi connectivity index (χ4n) is 2.78. The molecular formula is C15H23N7S. The maximum absolute atomic E-state index is 6.18. The molecule has 0 radical (unpaired) electrons. The van der Waals surface area contributed by atoms with Gasteiger partial charge >= 0.3 is 0 Å². The van der Waals surface area contributed by atoms with E-state index in [1.807, 2.05) is 29.5 Å². The second-order valence-electron chi connectivity index (χ2n) is 5.59. The van der Waals surface area contributed by atoms with Gasteiger partial charge in [-0.25, -0.2) is 9.98 Å². The number of anilines is 1. The zero-order chi connectivity index (χ0) is 16.2.